The van der Waals surface area contributed by atoms with Gasteiger partial charge >= 0.3 is 0 Å². The van der Waals surface area contributed by atoms with Gasteiger partial charge < -0.3 is 9.84 Å². The highest BCUT2D eigenvalue weighted by Crippen LogP contribution is 2.23. The van der Waals surface area contributed by atoms with Crippen LogP contribution in [0.5, 0.6) is 0 Å². The number of aromatic nitrogens is 1. The lowest BCUT2D eigenvalue weighted by Crippen LogP contribution is -2.23. The van der Waals surface area contributed by atoms with Crippen molar-refractivity contribution in [3.05, 3.63) is 46.3 Å². The minimum absolute atomic E-state index is 0.0504. The van der Waals surface area contributed by atoms with Crippen molar-refractivity contribution in [3.8, 4) is 0 Å². The molecular weight excluding hydrogens is 308 g/mol. The molecule has 1 aromatic heterocycles. The Morgan fingerprint density at radius 2 is 2.19 bits per heavy atom. The van der Waals surface area contributed by atoms with Gasteiger partial charge in [-0.3, -0.25) is 4.79 Å². The van der Waals surface area contributed by atoms with Crippen molar-refractivity contribution in [3.63, 3.8) is 0 Å². The Balaban J connectivity index is 1.91. The molecule has 4 nitrogen and oxygen atoms in total. The summed E-state index contributed by atoms with van der Waals surface area (Å²) in [6.45, 7) is 5.65. The molecule has 112 valence electrons. The molecule has 0 saturated heterocycles. The van der Waals surface area contributed by atoms with E-state index in [4.69, 9.17) is 16.1 Å². The molecule has 0 aliphatic carbocycles. The molecule has 0 bridgehead atoms. The van der Waals surface area contributed by atoms with E-state index >= 15 is 0 Å². The quantitative estimate of drug-likeness (QED) is 0.895. The van der Waals surface area contributed by atoms with Crippen molar-refractivity contribution in [1.82, 2.24) is 5.16 Å². The van der Waals surface area contributed by atoms with Gasteiger partial charge in [0.25, 0.3) is 0 Å². The molecule has 2 rings (SSSR count). The molecule has 1 atom stereocenters. The van der Waals surface area contributed by atoms with Crippen LogP contribution >= 0.6 is 23.4 Å². The number of nitrogens with zero attached hydrogens (tertiary/aromatic N) is 1. The summed E-state index contributed by atoms with van der Waals surface area (Å²) in [4.78, 5) is 12.2. The van der Waals surface area contributed by atoms with Crippen LogP contribution in [0.25, 0.3) is 0 Å². The van der Waals surface area contributed by atoms with E-state index in [1.54, 1.807) is 12.1 Å². The molecule has 21 heavy (non-hydrogen) atoms. The van der Waals surface area contributed by atoms with Crippen molar-refractivity contribution in [2.45, 2.75) is 31.8 Å². The van der Waals surface area contributed by atoms with Gasteiger partial charge in [-0.05, 0) is 38.5 Å². The number of aryl methyl sites for hydroxylation is 2. The van der Waals surface area contributed by atoms with E-state index in [0.29, 0.717) is 10.8 Å². The van der Waals surface area contributed by atoms with Crippen LogP contribution in [0, 0.1) is 13.8 Å². The summed E-state index contributed by atoms with van der Waals surface area (Å²) in [5.74, 6) is 1.36. The summed E-state index contributed by atoms with van der Waals surface area (Å²) in [5, 5.41) is 7.23. The van der Waals surface area contributed by atoms with Crippen LogP contribution < -0.4 is 5.32 Å². The molecule has 1 heterocycles. The normalized spacial score (nSPS) is 12.2. The molecule has 0 saturated carbocycles. The summed E-state index contributed by atoms with van der Waals surface area (Å²) in [6.07, 6.45) is 0. The molecule has 1 amide bonds. The maximum absolute atomic E-state index is 12.2. The molecule has 0 aliphatic rings. The van der Waals surface area contributed by atoms with Crippen molar-refractivity contribution in [1.29, 1.82) is 0 Å². The number of halogens is 1. The predicted octanol–water partition coefficient (Wildman–Crippen LogP) is 4.21. The number of anilines is 1. The van der Waals surface area contributed by atoms with Gasteiger partial charge in [-0.1, -0.05) is 22.8 Å². The molecule has 1 aromatic carbocycles. The maximum Gasteiger partial charge on any atom is 0.237 e. The molecule has 0 radical (unpaired) electrons. The number of rotatable bonds is 5. The van der Waals surface area contributed by atoms with Crippen molar-refractivity contribution in [2.75, 3.05) is 5.32 Å². The maximum atomic E-state index is 12.2. The number of carbonyl (C=O) groups excluding carboxylic acids is 1. The fourth-order valence-corrected chi connectivity index (χ4v) is 2.67. The average molecular weight is 325 g/mol. The molecule has 6 heteroatoms. The van der Waals surface area contributed by atoms with Gasteiger partial charge in [0.05, 0.1) is 10.9 Å². The third kappa shape index (κ3) is 4.51. The molecule has 1 unspecified atom stereocenters. The Morgan fingerprint density at radius 1 is 1.43 bits per heavy atom. The zero-order valence-electron chi connectivity index (χ0n) is 12.1. The van der Waals surface area contributed by atoms with Crippen LogP contribution in [0.15, 0.2) is 28.8 Å². The second kappa shape index (κ2) is 7.00. The number of amides is 1. The summed E-state index contributed by atoms with van der Waals surface area (Å²) in [7, 11) is 0. The molecule has 0 aliphatic heterocycles. The fraction of sp³-hybridized carbons (Fsp3) is 0.333. The van der Waals surface area contributed by atoms with E-state index in [1.807, 2.05) is 32.9 Å². The molecule has 0 spiro atoms. The topological polar surface area (TPSA) is 55.1 Å². The van der Waals surface area contributed by atoms with E-state index in [0.717, 1.165) is 22.7 Å². The van der Waals surface area contributed by atoms with Gasteiger partial charge in [-0.25, -0.2) is 0 Å². The first-order valence-electron chi connectivity index (χ1n) is 6.56. The fourth-order valence-electron chi connectivity index (χ4n) is 1.74. The number of nitrogens with one attached hydrogen (secondary N) is 1. The minimum atomic E-state index is -0.194. The minimum Gasteiger partial charge on any atom is -0.361 e. The van der Waals surface area contributed by atoms with E-state index in [2.05, 4.69) is 10.5 Å². The lowest BCUT2D eigenvalue weighted by atomic mass is 10.2. The monoisotopic (exact) mass is 324 g/mol. The third-order valence-electron chi connectivity index (χ3n) is 2.98. The highest BCUT2D eigenvalue weighted by Gasteiger charge is 2.15. The number of hydrogen-bond acceptors (Lipinski definition) is 4. The van der Waals surface area contributed by atoms with Crippen LogP contribution in [0.4, 0.5) is 5.69 Å². The van der Waals surface area contributed by atoms with Gasteiger partial charge in [0.1, 0.15) is 5.76 Å². The first kappa shape index (κ1) is 15.9. The van der Waals surface area contributed by atoms with E-state index < -0.39 is 0 Å². The second-order valence-electron chi connectivity index (χ2n) is 4.83. The number of hydrogen-bond donors (Lipinski definition) is 1. The number of thioether (sulfide) groups is 1. The number of benzene rings is 1. The summed E-state index contributed by atoms with van der Waals surface area (Å²) >= 11 is 7.46. The molecular formula is C15H17ClN2O2S. The van der Waals surface area contributed by atoms with E-state index in [9.17, 15) is 4.79 Å². The van der Waals surface area contributed by atoms with Crippen LogP contribution in [-0.2, 0) is 10.5 Å². The molecule has 1 N–H and O–H groups in total. The first-order chi connectivity index (χ1) is 9.95. The van der Waals surface area contributed by atoms with Crippen molar-refractivity contribution < 1.29 is 9.32 Å². The Labute approximate surface area is 133 Å². The summed E-state index contributed by atoms with van der Waals surface area (Å²) < 4.78 is 5.00. The highest BCUT2D eigenvalue weighted by molar-refractivity contribution is 7.99. The number of carbonyl (C=O) groups is 1. The van der Waals surface area contributed by atoms with Gasteiger partial charge in [0.15, 0.2) is 0 Å². The second-order valence-corrected chi connectivity index (χ2v) is 6.60. The lowest BCUT2D eigenvalue weighted by molar-refractivity contribution is -0.115. The van der Waals surface area contributed by atoms with Gasteiger partial charge in [0.2, 0.25) is 5.91 Å². The Bertz CT molecular complexity index is 642. The zero-order chi connectivity index (χ0) is 15.4. The smallest absolute Gasteiger partial charge is 0.237 e. The van der Waals surface area contributed by atoms with Gasteiger partial charge in [-0.2, -0.15) is 0 Å². The lowest BCUT2D eigenvalue weighted by Gasteiger charge is -2.13. The Hall–Kier alpha value is -1.46. The SMILES string of the molecule is Cc1cc(CSC(C)C(=O)Nc2cc(Cl)ccc2C)no1. The molecule has 0 fully saturated rings. The van der Waals surface area contributed by atoms with Crippen molar-refractivity contribution in [2.24, 2.45) is 0 Å². The Kier molecular flexibility index (Phi) is 5.31. The highest BCUT2D eigenvalue weighted by atomic mass is 35.5. The average Bonchev–Trinajstić information content (AvgIpc) is 2.86. The van der Waals surface area contributed by atoms with Gasteiger partial charge in [-0.15, -0.1) is 11.8 Å². The predicted molar refractivity (Wildman–Crippen MR) is 86.8 cm³/mol. The van der Waals surface area contributed by atoms with Gasteiger partial charge in [0, 0.05) is 22.5 Å². The third-order valence-corrected chi connectivity index (χ3v) is 4.40. The zero-order valence-corrected chi connectivity index (χ0v) is 13.7. The summed E-state index contributed by atoms with van der Waals surface area (Å²) in [6, 6.07) is 7.32. The van der Waals surface area contributed by atoms with E-state index in [-0.39, 0.29) is 11.2 Å². The first-order valence-corrected chi connectivity index (χ1v) is 7.99. The van der Waals surface area contributed by atoms with E-state index in [1.165, 1.54) is 11.8 Å². The van der Waals surface area contributed by atoms with Crippen LogP contribution in [-0.4, -0.2) is 16.3 Å². The largest absolute Gasteiger partial charge is 0.361 e. The Morgan fingerprint density at radius 3 is 2.86 bits per heavy atom. The summed E-state index contributed by atoms with van der Waals surface area (Å²) in [5.41, 5.74) is 2.57. The van der Waals surface area contributed by atoms with Crippen LogP contribution in [0.2, 0.25) is 5.02 Å². The van der Waals surface area contributed by atoms with Crippen LogP contribution in [0.1, 0.15) is 23.9 Å². The van der Waals surface area contributed by atoms with Crippen molar-refractivity contribution >= 4 is 35.0 Å². The standard InChI is InChI=1S/C15H17ClN2O2S/c1-9-4-5-12(16)7-14(9)17-15(19)11(3)21-8-13-6-10(2)20-18-13/h4-7,11H,8H2,1-3H3,(H,17,19). The van der Waals surface area contributed by atoms with Crippen LogP contribution in [0.3, 0.4) is 0 Å². The molecule has 2 aromatic rings.